The van der Waals surface area contributed by atoms with E-state index in [0.717, 1.165) is 56.2 Å². The van der Waals surface area contributed by atoms with E-state index in [2.05, 4.69) is 25.4 Å². The molecule has 0 saturated carbocycles. The maximum atomic E-state index is 13.0. The molecule has 2 saturated heterocycles. The van der Waals surface area contributed by atoms with Crippen LogP contribution in [0.25, 0.3) is 0 Å². The lowest BCUT2D eigenvalue weighted by molar-refractivity contribution is 0.0792. The van der Waals surface area contributed by atoms with Gasteiger partial charge in [-0.2, -0.15) is 0 Å². The maximum absolute atomic E-state index is 13.0. The molecule has 2 fully saturated rings. The number of hydrogen-bond acceptors (Lipinski definition) is 8. The molecule has 0 bridgehead atoms. The van der Waals surface area contributed by atoms with Gasteiger partial charge in [-0.1, -0.05) is 6.07 Å². The molecular weight excluding hydrogens is 497 g/mol. The molecule has 202 valence electrons. The molecule has 0 spiro atoms. The number of halogens is 1. The Labute approximate surface area is 221 Å². The Hall–Kier alpha value is -2.60. The maximum Gasteiger partial charge on any atom is 0.275 e. The Morgan fingerprint density at radius 1 is 1.32 bits per heavy atom. The molecule has 37 heavy (non-hydrogen) atoms. The van der Waals surface area contributed by atoms with Gasteiger partial charge in [0, 0.05) is 51.8 Å². The smallest absolute Gasteiger partial charge is 0.275 e. The van der Waals surface area contributed by atoms with Crippen LogP contribution in [0.2, 0.25) is 0 Å². The van der Waals surface area contributed by atoms with Crippen LogP contribution in [-0.2, 0) is 16.0 Å². The number of anilines is 2. The fourth-order valence-corrected chi connectivity index (χ4v) is 5.50. The number of methoxy groups -OCH3 is 1. The molecule has 4 rings (SSSR count). The van der Waals surface area contributed by atoms with Crippen molar-refractivity contribution in [2.24, 2.45) is 0 Å². The number of nitrogens with zero attached hydrogens (tertiary/aromatic N) is 3. The number of likely N-dealkylation sites (N-methyl/N-ethyl adjacent to an activating group) is 1. The zero-order chi connectivity index (χ0) is 26.2. The van der Waals surface area contributed by atoms with Crippen molar-refractivity contribution in [2.75, 3.05) is 63.8 Å². The normalized spacial score (nSPS) is 19.5. The van der Waals surface area contributed by atoms with E-state index >= 15 is 0 Å². The summed E-state index contributed by atoms with van der Waals surface area (Å²) in [6.07, 6.45) is 3.70. The molecule has 1 aromatic carbocycles. The molecule has 2 amide bonds. The number of rotatable bonds is 12. The average Bonchev–Trinajstić information content (AvgIpc) is 3.66. The van der Waals surface area contributed by atoms with Gasteiger partial charge in [-0.3, -0.25) is 18.9 Å². The highest BCUT2D eigenvalue weighted by Gasteiger charge is 2.25. The van der Waals surface area contributed by atoms with Crippen LogP contribution >= 0.6 is 11.3 Å². The van der Waals surface area contributed by atoms with Crippen LogP contribution in [0.4, 0.5) is 15.2 Å². The molecule has 2 N–H and O–H groups in total. The summed E-state index contributed by atoms with van der Waals surface area (Å²) in [5.74, 6) is -0.736. The number of aromatic nitrogens is 1. The van der Waals surface area contributed by atoms with Gasteiger partial charge in [0.2, 0.25) is 0 Å². The highest BCUT2D eigenvalue weighted by atomic mass is 32.1. The average molecular weight is 534 g/mol. The molecular formula is C26H36FN5O4S. The van der Waals surface area contributed by atoms with Crippen molar-refractivity contribution in [2.45, 2.75) is 44.4 Å². The third kappa shape index (κ3) is 7.47. The number of alkyl halides is 1. The fourth-order valence-electron chi connectivity index (χ4n) is 4.66. The Balaban J connectivity index is 1.45. The summed E-state index contributed by atoms with van der Waals surface area (Å²) in [5.41, 5.74) is 1.97. The van der Waals surface area contributed by atoms with Crippen molar-refractivity contribution in [1.82, 2.24) is 15.2 Å². The molecule has 2 aromatic rings. The summed E-state index contributed by atoms with van der Waals surface area (Å²) in [4.78, 5) is 34.8. The lowest BCUT2D eigenvalue weighted by Crippen LogP contribution is -2.29. The topological polar surface area (TPSA) is 96.0 Å². The number of thiazole rings is 1. The van der Waals surface area contributed by atoms with Gasteiger partial charge in [0.1, 0.15) is 5.69 Å². The Bertz CT molecular complexity index is 1060. The second-order valence-electron chi connectivity index (χ2n) is 9.57. The van der Waals surface area contributed by atoms with Gasteiger partial charge in [0.15, 0.2) is 5.13 Å². The SMILES string of the molecule is CO[C@H]1CCN(c2nc(C(=O)Nc3ccc(CN(C)C[C@@H]4CCCO4)cc3C(=O)NCCCF)cs2)C1. The minimum atomic E-state index is -0.508. The van der Waals surface area contributed by atoms with E-state index in [1.807, 2.05) is 13.1 Å². The Morgan fingerprint density at radius 2 is 2.19 bits per heavy atom. The Kier molecular flexibility index (Phi) is 9.84. The Morgan fingerprint density at radius 3 is 2.92 bits per heavy atom. The zero-order valence-electron chi connectivity index (χ0n) is 21.5. The number of carbonyl (C=O) groups is 2. The molecule has 9 nitrogen and oxygen atoms in total. The second-order valence-corrected chi connectivity index (χ2v) is 10.4. The highest BCUT2D eigenvalue weighted by molar-refractivity contribution is 7.14. The third-order valence-corrected chi connectivity index (χ3v) is 7.54. The van der Waals surface area contributed by atoms with Crippen molar-refractivity contribution >= 4 is 34.0 Å². The van der Waals surface area contributed by atoms with E-state index in [4.69, 9.17) is 9.47 Å². The summed E-state index contributed by atoms with van der Waals surface area (Å²) < 4.78 is 23.7. The lowest BCUT2D eigenvalue weighted by atomic mass is 10.1. The third-order valence-electron chi connectivity index (χ3n) is 6.64. The number of benzene rings is 1. The van der Waals surface area contributed by atoms with Crippen LogP contribution in [0.1, 0.15) is 52.1 Å². The first-order valence-electron chi connectivity index (χ1n) is 12.8. The zero-order valence-corrected chi connectivity index (χ0v) is 22.3. The highest BCUT2D eigenvalue weighted by Crippen LogP contribution is 2.27. The van der Waals surface area contributed by atoms with E-state index in [1.54, 1.807) is 24.6 Å². The number of hydrogen-bond donors (Lipinski definition) is 2. The minimum absolute atomic E-state index is 0.169. The van der Waals surface area contributed by atoms with Crippen LogP contribution < -0.4 is 15.5 Å². The number of carbonyl (C=O) groups excluding carboxylic acids is 2. The molecule has 2 aliphatic rings. The summed E-state index contributed by atoms with van der Waals surface area (Å²) in [7, 11) is 3.72. The van der Waals surface area contributed by atoms with Crippen LogP contribution in [0.15, 0.2) is 23.6 Å². The fraction of sp³-hybridized carbons (Fsp3) is 0.577. The van der Waals surface area contributed by atoms with Gasteiger partial charge in [0.05, 0.1) is 30.1 Å². The van der Waals surface area contributed by atoms with Gasteiger partial charge < -0.3 is 25.0 Å². The lowest BCUT2D eigenvalue weighted by Gasteiger charge is -2.21. The van der Waals surface area contributed by atoms with Crippen molar-refractivity contribution in [3.05, 3.63) is 40.4 Å². The molecule has 11 heteroatoms. The van der Waals surface area contributed by atoms with Gasteiger partial charge in [0.25, 0.3) is 11.8 Å². The number of amides is 2. The molecule has 2 atom stereocenters. The van der Waals surface area contributed by atoms with Gasteiger partial charge in [-0.15, -0.1) is 11.3 Å². The van der Waals surface area contributed by atoms with E-state index < -0.39 is 6.67 Å². The van der Waals surface area contributed by atoms with E-state index in [0.29, 0.717) is 23.5 Å². The molecule has 3 heterocycles. The van der Waals surface area contributed by atoms with Gasteiger partial charge in [-0.05, 0) is 50.4 Å². The van der Waals surface area contributed by atoms with Crippen LogP contribution in [-0.4, -0.2) is 87.5 Å². The van der Waals surface area contributed by atoms with E-state index in [9.17, 15) is 14.0 Å². The predicted octanol–water partition coefficient (Wildman–Crippen LogP) is 3.32. The van der Waals surface area contributed by atoms with Crippen LogP contribution in [0, 0.1) is 0 Å². The quantitative estimate of drug-likeness (QED) is 0.404. The van der Waals surface area contributed by atoms with Crippen molar-refractivity contribution in [3.63, 3.8) is 0 Å². The standard InChI is InChI=1S/C26H36FN5O4S/c1-31(15-20-5-3-12-36-20)14-18-6-7-22(21(13-18)24(33)28-10-4-9-27)29-25(34)23-17-37-26(30-23)32-11-8-19(16-32)35-2/h6-7,13,17,19-20H,3-5,8-12,14-16H2,1-2H3,(H,28,33)(H,29,34)/t19-,20-/m0/s1. The van der Waals surface area contributed by atoms with Crippen LogP contribution in [0.5, 0.6) is 0 Å². The first kappa shape index (κ1) is 27.4. The first-order valence-corrected chi connectivity index (χ1v) is 13.7. The molecule has 2 aliphatic heterocycles. The summed E-state index contributed by atoms with van der Waals surface area (Å²) in [6, 6.07) is 5.43. The molecule has 0 radical (unpaired) electrons. The van der Waals surface area contributed by atoms with E-state index in [-0.39, 0.29) is 37.0 Å². The first-order chi connectivity index (χ1) is 18.0. The number of ether oxygens (including phenoxy) is 2. The van der Waals surface area contributed by atoms with Crippen molar-refractivity contribution in [1.29, 1.82) is 0 Å². The molecule has 0 unspecified atom stereocenters. The minimum Gasteiger partial charge on any atom is -0.380 e. The van der Waals surface area contributed by atoms with Gasteiger partial charge in [-0.25, -0.2) is 4.98 Å². The monoisotopic (exact) mass is 533 g/mol. The summed E-state index contributed by atoms with van der Waals surface area (Å²) >= 11 is 1.41. The van der Waals surface area contributed by atoms with Gasteiger partial charge >= 0.3 is 0 Å². The summed E-state index contributed by atoms with van der Waals surface area (Å²) in [6.45, 7) is 3.54. The van der Waals surface area contributed by atoms with Crippen LogP contribution in [0.3, 0.4) is 0 Å². The number of nitrogens with one attached hydrogen (secondary N) is 2. The molecule has 0 aliphatic carbocycles. The predicted molar refractivity (Wildman–Crippen MR) is 142 cm³/mol. The second kappa shape index (κ2) is 13.3. The summed E-state index contributed by atoms with van der Waals surface area (Å²) in [5, 5.41) is 8.10. The van der Waals surface area contributed by atoms with Crippen molar-refractivity contribution in [3.8, 4) is 0 Å². The molecule has 1 aromatic heterocycles. The van der Waals surface area contributed by atoms with E-state index in [1.165, 1.54) is 11.3 Å². The largest absolute Gasteiger partial charge is 0.380 e. The van der Waals surface area contributed by atoms with Crippen molar-refractivity contribution < 1.29 is 23.5 Å².